The highest BCUT2D eigenvalue weighted by Crippen LogP contribution is 2.20. The van der Waals surface area contributed by atoms with E-state index < -0.39 is 5.82 Å². The average Bonchev–Trinajstić information content (AvgIpc) is 2.51. The molecular formula is C16H15ClFNO3. The lowest BCUT2D eigenvalue weighted by molar-refractivity contribution is -0.116. The van der Waals surface area contributed by atoms with E-state index in [0.717, 1.165) is 5.75 Å². The molecule has 0 unspecified atom stereocenters. The molecule has 4 nitrogen and oxygen atoms in total. The Labute approximate surface area is 132 Å². The van der Waals surface area contributed by atoms with Crippen LogP contribution in [0.2, 0.25) is 5.02 Å². The van der Waals surface area contributed by atoms with Gasteiger partial charge < -0.3 is 14.8 Å². The highest BCUT2D eigenvalue weighted by Gasteiger charge is 2.06. The molecule has 116 valence electrons. The van der Waals surface area contributed by atoms with Gasteiger partial charge in [-0.05, 0) is 42.5 Å². The maximum absolute atomic E-state index is 13.0. The Kier molecular flexibility index (Phi) is 5.61. The fourth-order valence-electron chi connectivity index (χ4n) is 1.73. The van der Waals surface area contributed by atoms with E-state index in [4.69, 9.17) is 21.1 Å². The zero-order chi connectivity index (χ0) is 15.9. The number of amides is 1. The van der Waals surface area contributed by atoms with Gasteiger partial charge in [-0.3, -0.25) is 4.79 Å². The lowest BCUT2D eigenvalue weighted by atomic mass is 10.3. The number of nitrogens with one attached hydrogen (secondary N) is 1. The number of benzene rings is 2. The van der Waals surface area contributed by atoms with Gasteiger partial charge in [-0.15, -0.1) is 0 Å². The SMILES string of the molecule is COc1ccc(OCCC(=O)Nc2ccc(F)c(Cl)c2)cc1. The third-order valence-corrected chi connectivity index (χ3v) is 3.15. The van der Waals surface area contributed by atoms with Crippen LogP contribution in [0.5, 0.6) is 11.5 Å². The van der Waals surface area contributed by atoms with E-state index in [1.165, 1.54) is 18.2 Å². The summed E-state index contributed by atoms with van der Waals surface area (Å²) in [5.41, 5.74) is 0.445. The predicted molar refractivity (Wildman–Crippen MR) is 83.1 cm³/mol. The van der Waals surface area contributed by atoms with Gasteiger partial charge in [-0.2, -0.15) is 0 Å². The van der Waals surface area contributed by atoms with Gasteiger partial charge >= 0.3 is 0 Å². The van der Waals surface area contributed by atoms with Crippen LogP contribution in [0.3, 0.4) is 0 Å². The molecule has 2 aromatic rings. The second-order valence-electron chi connectivity index (χ2n) is 4.45. The van der Waals surface area contributed by atoms with Crippen molar-refractivity contribution in [2.24, 2.45) is 0 Å². The molecule has 0 heterocycles. The molecule has 0 bridgehead atoms. The Balaban J connectivity index is 1.78. The molecule has 2 rings (SSSR count). The molecule has 0 saturated heterocycles. The van der Waals surface area contributed by atoms with E-state index in [0.29, 0.717) is 11.4 Å². The molecule has 0 aliphatic carbocycles. The number of anilines is 1. The lowest BCUT2D eigenvalue weighted by Crippen LogP contribution is -2.15. The minimum atomic E-state index is -0.525. The van der Waals surface area contributed by atoms with Gasteiger partial charge in [0, 0.05) is 5.69 Å². The van der Waals surface area contributed by atoms with Crippen LogP contribution in [0.4, 0.5) is 10.1 Å². The van der Waals surface area contributed by atoms with Crippen LogP contribution in [0, 0.1) is 5.82 Å². The number of carbonyl (C=O) groups excluding carboxylic acids is 1. The first-order chi connectivity index (χ1) is 10.6. The fourth-order valence-corrected chi connectivity index (χ4v) is 1.91. The minimum Gasteiger partial charge on any atom is -0.497 e. The molecule has 1 N–H and O–H groups in total. The highest BCUT2D eigenvalue weighted by molar-refractivity contribution is 6.31. The summed E-state index contributed by atoms with van der Waals surface area (Å²) in [6.45, 7) is 0.229. The van der Waals surface area contributed by atoms with Crippen molar-refractivity contribution in [3.05, 3.63) is 53.3 Å². The fraction of sp³-hybridized carbons (Fsp3) is 0.188. The Morgan fingerprint density at radius 2 is 1.86 bits per heavy atom. The van der Waals surface area contributed by atoms with Crippen LogP contribution in [0.25, 0.3) is 0 Å². The molecule has 0 aliphatic heterocycles. The molecule has 0 fully saturated rings. The number of hydrogen-bond donors (Lipinski definition) is 1. The van der Waals surface area contributed by atoms with E-state index in [1.807, 2.05) is 0 Å². The quantitative estimate of drug-likeness (QED) is 0.877. The summed E-state index contributed by atoms with van der Waals surface area (Å²) in [4.78, 5) is 11.8. The van der Waals surface area contributed by atoms with E-state index in [1.54, 1.807) is 31.4 Å². The molecule has 0 spiro atoms. The number of rotatable bonds is 6. The molecule has 0 aliphatic rings. The minimum absolute atomic E-state index is 0.0349. The maximum atomic E-state index is 13.0. The Morgan fingerprint density at radius 1 is 1.18 bits per heavy atom. The van der Waals surface area contributed by atoms with Crippen LogP contribution in [-0.2, 0) is 4.79 Å². The van der Waals surface area contributed by atoms with Crippen molar-refractivity contribution in [3.63, 3.8) is 0 Å². The zero-order valence-corrected chi connectivity index (χ0v) is 12.7. The van der Waals surface area contributed by atoms with Crippen molar-refractivity contribution >= 4 is 23.2 Å². The third-order valence-electron chi connectivity index (χ3n) is 2.86. The first-order valence-corrected chi connectivity index (χ1v) is 6.98. The normalized spacial score (nSPS) is 10.1. The van der Waals surface area contributed by atoms with Crippen LogP contribution in [0.1, 0.15) is 6.42 Å². The second-order valence-corrected chi connectivity index (χ2v) is 4.86. The van der Waals surface area contributed by atoms with Crippen LogP contribution in [0.15, 0.2) is 42.5 Å². The Bertz CT molecular complexity index is 646. The van der Waals surface area contributed by atoms with Gasteiger partial charge in [0.2, 0.25) is 5.91 Å². The number of halogens is 2. The van der Waals surface area contributed by atoms with Gasteiger partial charge in [-0.1, -0.05) is 11.6 Å². The summed E-state index contributed by atoms with van der Waals surface area (Å²) in [5.74, 6) is 0.621. The zero-order valence-electron chi connectivity index (χ0n) is 11.9. The molecule has 6 heteroatoms. The summed E-state index contributed by atoms with van der Waals surface area (Å²) < 4.78 is 23.5. The van der Waals surface area contributed by atoms with Crippen molar-refractivity contribution in [3.8, 4) is 11.5 Å². The van der Waals surface area contributed by atoms with Crippen LogP contribution < -0.4 is 14.8 Å². The lowest BCUT2D eigenvalue weighted by Gasteiger charge is -2.08. The van der Waals surface area contributed by atoms with Crippen molar-refractivity contribution in [2.45, 2.75) is 6.42 Å². The molecule has 1 amide bonds. The first kappa shape index (κ1) is 16.1. The molecule has 0 atom stereocenters. The van der Waals surface area contributed by atoms with Crippen LogP contribution in [-0.4, -0.2) is 19.6 Å². The number of methoxy groups -OCH3 is 1. The van der Waals surface area contributed by atoms with Crippen molar-refractivity contribution in [1.82, 2.24) is 0 Å². The molecule has 2 aromatic carbocycles. The predicted octanol–water partition coefficient (Wildman–Crippen LogP) is 3.90. The van der Waals surface area contributed by atoms with Crippen LogP contribution >= 0.6 is 11.6 Å². The van der Waals surface area contributed by atoms with Crippen molar-refractivity contribution < 1.29 is 18.7 Å². The van der Waals surface area contributed by atoms with E-state index >= 15 is 0 Å². The summed E-state index contributed by atoms with van der Waals surface area (Å²) in [7, 11) is 1.59. The Hall–Kier alpha value is -2.27. The molecule has 0 saturated carbocycles. The number of hydrogen-bond acceptors (Lipinski definition) is 3. The second kappa shape index (κ2) is 7.66. The number of ether oxygens (including phenoxy) is 2. The van der Waals surface area contributed by atoms with E-state index in [9.17, 15) is 9.18 Å². The van der Waals surface area contributed by atoms with Gasteiger partial charge in [0.15, 0.2) is 0 Å². The monoisotopic (exact) mass is 323 g/mol. The molecule has 0 radical (unpaired) electrons. The molecule has 0 aromatic heterocycles. The Morgan fingerprint density at radius 3 is 2.50 bits per heavy atom. The van der Waals surface area contributed by atoms with Gasteiger partial charge in [0.05, 0.1) is 25.2 Å². The summed E-state index contributed by atoms with van der Waals surface area (Å²) in [6.07, 6.45) is 0.168. The van der Waals surface area contributed by atoms with Gasteiger partial charge in [-0.25, -0.2) is 4.39 Å². The maximum Gasteiger partial charge on any atom is 0.227 e. The largest absolute Gasteiger partial charge is 0.497 e. The van der Waals surface area contributed by atoms with E-state index in [-0.39, 0.29) is 24.0 Å². The first-order valence-electron chi connectivity index (χ1n) is 6.60. The highest BCUT2D eigenvalue weighted by atomic mass is 35.5. The summed E-state index contributed by atoms with van der Waals surface area (Å²) in [6, 6.07) is 11.1. The third kappa shape index (κ3) is 4.63. The smallest absolute Gasteiger partial charge is 0.227 e. The average molecular weight is 324 g/mol. The summed E-state index contributed by atoms with van der Waals surface area (Å²) in [5, 5.41) is 2.59. The van der Waals surface area contributed by atoms with Crippen molar-refractivity contribution in [2.75, 3.05) is 19.0 Å². The summed E-state index contributed by atoms with van der Waals surface area (Å²) >= 11 is 5.65. The molecular weight excluding hydrogens is 309 g/mol. The van der Waals surface area contributed by atoms with Gasteiger partial charge in [0.1, 0.15) is 17.3 Å². The standard InChI is InChI=1S/C16H15ClFNO3/c1-21-12-3-5-13(6-4-12)22-9-8-16(20)19-11-2-7-15(18)14(17)10-11/h2-7,10H,8-9H2,1H3,(H,19,20). The number of carbonyl (C=O) groups is 1. The van der Waals surface area contributed by atoms with Gasteiger partial charge in [0.25, 0.3) is 0 Å². The van der Waals surface area contributed by atoms with E-state index in [2.05, 4.69) is 5.32 Å². The topological polar surface area (TPSA) is 47.6 Å². The molecule has 22 heavy (non-hydrogen) atoms. The van der Waals surface area contributed by atoms with Crippen molar-refractivity contribution in [1.29, 1.82) is 0 Å².